The summed E-state index contributed by atoms with van der Waals surface area (Å²) in [6.07, 6.45) is 2.02. The van der Waals surface area contributed by atoms with Crippen LogP contribution in [0.15, 0.2) is 0 Å². The minimum atomic E-state index is -1.04. The summed E-state index contributed by atoms with van der Waals surface area (Å²) in [5.74, 6) is -0.427. The lowest BCUT2D eigenvalue weighted by Crippen LogP contribution is -2.42. The van der Waals surface area contributed by atoms with E-state index in [0.717, 1.165) is 19.3 Å². The van der Waals surface area contributed by atoms with Crippen molar-refractivity contribution in [1.29, 1.82) is 0 Å². The van der Waals surface area contributed by atoms with Crippen LogP contribution in [0.5, 0.6) is 0 Å². The van der Waals surface area contributed by atoms with E-state index in [9.17, 15) is 9.90 Å². The van der Waals surface area contributed by atoms with Crippen molar-refractivity contribution in [2.75, 3.05) is 0 Å². The van der Waals surface area contributed by atoms with Gasteiger partial charge in [0.25, 0.3) is 5.91 Å². The Bertz CT molecular complexity index is 175. The zero-order valence-electron chi connectivity index (χ0n) is 6.46. The molecule has 70 valence electrons. The van der Waals surface area contributed by atoms with Crippen molar-refractivity contribution in [2.24, 2.45) is 0 Å². The highest BCUT2D eigenvalue weighted by Gasteiger charge is 2.27. The summed E-state index contributed by atoms with van der Waals surface area (Å²) >= 11 is 10.7. The third kappa shape index (κ3) is 2.51. The Kier molecular flexibility index (Phi) is 3.62. The summed E-state index contributed by atoms with van der Waals surface area (Å²) < 4.78 is 0. The van der Waals surface area contributed by atoms with Gasteiger partial charge in [0.05, 0.1) is 12.1 Å². The predicted octanol–water partition coefficient (Wildman–Crippen LogP) is 0.820. The first-order valence-electron chi connectivity index (χ1n) is 3.88. The fourth-order valence-electron chi connectivity index (χ4n) is 1.35. The van der Waals surface area contributed by atoms with Gasteiger partial charge in [-0.05, 0) is 19.3 Å². The van der Waals surface area contributed by atoms with Crippen LogP contribution in [0.25, 0.3) is 0 Å². The number of amides is 1. The van der Waals surface area contributed by atoms with Crippen LogP contribution in [0.3, 0.4) is 0 Å². The maximum absolute atomic E-state index is 11.0. The summed E-state index contributed by atoms with van der Waals surface area (Å²) in [7, 11) is 0. The molecule has 2 N–H and O–H groups in total. The van der Waals surface area contributed by atoms with Gasteiger partial charge in [0.2, 0.25) is 0 Å². The number of hydrogen-bond acceptors (Lipinski definition) is 2. The Labute approximate surface area is 81.0 Å². The molecule has 0 aromatic carbocycles. The van der Waals surface area contributed by atoms with E-state index in [-0.39, 0.29) is 6.04 Å². The van der Waals surface area contributed by atoms with E-state index in [1.165, 1.54) is 0 Å². The molecular formula is C7H11Cl2NO2. The fraction of sp³-hybridized carbons (Fsp3) is 0.857. The molecule has 0 aliphatic heterocycles. The molecule has 2 atom stereocenters. The maximum Gasteiger partial charge on any atom is 0.253 e. The molecule has 0 aromatic rings. The Balaban J connectivity index is 2.35. The van der Waals surface area contributed by atoms with E-state index in [4.69, 9.17) is 23.2 Å². The van der Waals surface area contributed by atoms with Gasteiger partial charge in [0.15, 0.2) is 4.84 Å². The van der Waals surface area contributed by atoms with Crippen LogP contribution in [0.4, 0.5) is 0 Å². The van der Waals surface area contributed by atoms with Crippen LogP contribution in [-0.2, 0) is 4.79 Å². The first-order chi connectivity index (χ1) is 5.61. The second kappa shape index (κ2) is 4.30. The third-order valence-electron chi connectivity index (χ3n) is 2.01. The molecule has 1 saturated carbocycles. The van der Waals surface area contributed by atoms with Gasteiger partial charge < -0.3 is 10.4 Å². The lowest BCUT2D eigenvalue weighted by molar-refractivity contribution is -0.120. The molecule has 1 rings (SSSR count). The van der Waals surface area contributed by atoms with Crippen molar-refractivity contribution in [3.8, 4) is 0 Å². The number of rotatable bonds is 2. The predicted molar refractivity (Wildman–Crippen MR) is 47.3 cm³/mol. The molecule has 1 aliphatic carbocycles. The van der Waals surface area contributed by atoms with Crippen molar-refractivity contribution in [2.45, 2.75) is 36.2 Å². The van der Waals surface area contributed by atoms with Gasteiger partial charge in [-0.2, -0.15) is 0 Å². The number of hydrogen-bond donors (Lipinski definition) is 2. The summed E-state index contributed by atoms with van der Waals surface area (Å²) in [4.78, 5) is 9.91. The Hall–Kier alpha value is 0.01000. The van der Waals surface area contributed by atoms with E-state index in [1.54, 1.807) is 0 Å². The number of nitrogens with one attached hydrogen (secondary N) is 1. The van der Waals surface area contributed by atoms with Gasteiger partial charge in [-0.15, -0.1) is 0 Å². The molecular weight excluding hydrogens is 201 g/mol. The van der Waals surface area contributed by atoms with Crippen LogP contribution in [0.1, 0.15) is 19.3 Å². The normalized spacial score (nSPS) is 29.3. The van der Waals surface area contributed by atoms with Gasteiger partial charge in [0.1, 0.15) is 0 Å². The van der Waals surface area contributed by atoms with Crippen LogP contribution >= 0.6 is 23.2 Å². The van der Waals surface area contributed by atoms with E-state index >= 15 is 0 Å². The quantitative estimate of drug-likeness (QED) is 0.665. The van der Waals surface area contributed by atoms with Crippen LogP contribution < -0.4 is 5.32 Å². The van der Waals surface area contributed by atoms with Crippen LogP contribution in [0, 0.1) is 0 Å². The average Bonchev–Trinajstić information content (AvgIpc) is 2.36. The second-order valence-electron chi connectivity index (χ2n) is 2.91. The molecule has 0 spiro atoms. The number of alkyl halides is 2. The molecule has 0 radical (unpaired) electrons. The molecule has 2 unspecified atom stereocenters. The topological polar surface area (TPSA) is 49.3 Å². The molecule has 1 fully saturated rings. The largest absolute Gasteiger partial charge is 0.391 e. The molecule has 3 nitrogen and oxygen atoms in total. The molecule has 5 heteroatoms. The van der Waals surface area contributed by atoms with Gasteiger partial charge in [-0.1, -0.05) is 23.2 Å². The Morgan fingerprint density at radius 2 is 2.17 bits per heavy atom. The Morgan fingerprint density at radius 3 is 2.58 bits per heavy atom. The summed E-state index contributed by atoms with van der Waals surface area (Å²) in [5, 5.41) is 11.9. The van der Waals surface area contributed by atoms with E-state index in [1.807, 2.05) is 0 Å². The lowest BCUT2D eigenvalue weighted by atomic mass is 10.2. The van der Waals surface area contributed by atoms with Crippen molar-refractivity contribution < 1.29 is 9.90 Å². The molecule has 0 saturated heterocycles. The maximum atomic E-state index is 11.0. The first-order valence-corrected chi connectivity index (χ1v) is 4.75. The highest BCUT2D eigenvalue weighted by molar-refractivity contribution is 6.53. The third-order valence-corrected chi connectivity index (χ3v) is 2.40. The minimum absolute atomic E-state index is 0.169. The van der Waals surface area contributed by atoms with Crippen LogP contribution in [-0.4, -0.2) is 28.0 Å². The fourth-order valence-corrected chi connectivity index (χ4v) is 1.48. The van der Waals surface area contributed by atoms with Gasteiger partial charge in [-0.25, -0.2) is 0 Å². The second-order valence-corrected chi connectivity index (χ2v) is 4.01. The molecule has 12 heavy (non-hydrogen) atoms. The summed E-state index contributed by atoms with van der Waals surface area (Å²) in [5.41, 5.74) is 0. The Morgan fingerprint density at radius 1 is 1.50 bits per heavy atom. The number of halogens is 2. The van der Waals surface area contributed by atoms with Gasteiger partial charge in [-0.3, -0.25) is 4.79 Å². The van der Waals surface area contributed by atoms with Crippen molar-refractivity contribution >= 4 is 29.1 Å². The monoisotopic (exact) mass is 211 g/mol. The summed E-state index contributed by atoms with van der Waals surface area (Å²) in [6.45, 7) is 0. The molecule has 1 aliphatic rings. The van der Waals surface area contributed by atoms with Crippen LogP contribution in [0.2, 0.25) is 0 Å². The van der Waals surface area contributed by atoms with E-state index in [2.05, 4.69) is 5.32 Å². The van der Waals surface area contributed by atoms with Crippen molar-refractivity contribution in [3.05, 3.63) is 0 Å². The standard InChI is InChI=1S/C7H11Cl2NO2/c8-6(9)7(12)10-4-2-1-3-5(4)11/h4-6,11H,1-3H2,(H,10,12). The molecule has 0 aromatic heterocycles. The van der Waals surface area contributed by atoms with Gasteiger partial charge >= 0.3 is 0 Å². The first kappa shape index (κ1) is 10.1. The highest BCUT2D eigenvalue weighted by atomic mass is 35.5. The molecule has 0 bridgehead atoms. The lowest BCUT2D eigenvalue weighted by Gasteiger charge is -2.16. The average molecular weight is 212 g/mol. The molecule has 1 amide bonds. The number of aliphatic hydroxyl groups excluding tert-OH is 1. The van der Waals surface area contributed by atoms with Gasteiger partial charge in [0, 0.05) is 0 Å². The van der Waals surface area contributed by atoms with Crippen molar-refractivity contribution in [1.82, 2.24) is 5.32 Å². The SMILES string of the molecule is O=C(NC1CCCC1O)C(Cl)Cl. The van der Waals surface area contributed by atoms with Crippen molar-refractivity contribution in [3.63, 3.8) is 0 Å². The zero-order valence-corrected chi connectivity index (χ0v) is 7.98. The van der Waals surface area contributed by atoms with E-state index in [0.29, 0.717) is 0 Å². The minimum Gasteiger partial charge on any atom is -0.391 e. The smallest absolute Gasteiger partial charge is 0.253 e. The zero-order chi connectivity index (χ0) is 9.14. The van der Waals surface area contributed by atoms with E-state index < -0.39 is 16.8 Å². The highest BCUT2D eigenvalue weighted by Crippen LogP contribution is 2.19. The number of carbonyl (C=O) groups is 1. The number of aliphatic hydroxyl groups is 1. The summed E-state index contributed by atoms with van der Waals surface area (Å²) in [6, 6.07) is -0.169. The number of carbonyl (C=O) groups excluding carboxylic acids is 1. The molecule has 0 heterocycles.